The van der Waals surface area contributed by atoms with Gasteiger partial charge in [0.2, 0.25) is 10.0 Å². The highest BCUT2D eigenvalue weighted by Gasteiger charge is 2.22. The molecule has 0 saturated carbocycles. The molecule has 1 aromatic carbocycles. The molecule has 0 bridgehead atoms. The van der Waals surface area contributed by atoms with Crippen LogP contribution in [-0.2, 0) is 10.0 Å². The van der Waals surface area contributed by atoms with E-state index in [4.69, 9.17) is 21.8 Å². The zero-order valence-corrected chi connectivity index (χ0v) is 11.1. The Morgan fingerprint density at radius 2 is 2.06 bits per heavy atom. The van der Waals surface area contributed by atoms with Gasteiger partial charge in [-0.2, -0.15) is 4.31 Å². The topological polar surface area (TPSA) is 94.9 Å². The Hall–Kier alpha value is -1.15. The van der Waals surface area contributed by atoms with Crippen LogP contribution < -0.4 is 0 Å². The number of aliphatic hydroxyl groups excluding tert-OH is 1. The number of hydrogen-bond donors (Lipinski definition) is 2. The summed E-state index contributed by atoms with van der Waals surface area (Å²) in [4.78, 5) is 10.6. The summed E-state index contributed by atoms with van der Waals surface area (Å²) in [6, 6.07) is 3.37. The zero-order chi connectivity index (χ0) is 13.9. The Morgan fingerprint density at radius 3 is 2.50 bits per heavy atom. The van der Waals surface area contributed by atoms with Crippen LogP contribution in [0.25, 0.3) is 0 Å². The van der Waals surface area contributed by atoms with Crippen molar-refractivity contribution in [3.8, 4) is 0 Å². The molecule has 2 N–H and O–H groups in total. The Bertz CT molecular complexity index is 557. The smallest absolute Gasteiger partial charge is 0.337 e. The molecule has 1 rings (SSSR count). The molecule has 0 saturated heterocycles. The number of benzene rings is 1. The number of likely N-dealkylation sites (N-methyl/N-ethyl adjacent to an activating group) is 1. The van der Waals surface area contributed by atoms with Gasteiger partial charge in [0.15, 0.2) is 0 Å². The number of hydrogen-bond acceptors (Lipinski definition) is 4. The Labute approximate surface area is 109 Å². The van der Waals surface area contributed by atoms with Crippen LogP contribution in [0.2, 0.25) is 5.02 Å². The highest BCUT2D eigenvalue weighted by atomic mass is 35.5. The third-order valence-electron chi connectivity index (χ3n) is 2.29. The van der Waals surface area contributed by atoms with E-state index >= 15 is 0 Å². The largest absolute Gasteiger partial charge is 0.478 e. The second kappa shape index (κ2) is 5.66. The van der Waals surface area contributed by atoms with E-state index < -0.39 is 16.0 Å². The molecule has 0 heterocycles. The molecule has 18 heavy (non-hydrogen) atoms. The first-order valence-corrected chi connectivity index (χ1v) is 6.72. The van der Waals surface area contributed by atoms with Crippen LogP contribution in [0, 0.1) is 0 Å². The van der Waals surface area contributed by atoms with Crippen molar-refractivity contribution in [1.29, 1.82) is 0 Å². The lowest BCUT2D eigenvalue weighted by atomic mass is 10.2. The average Bonchev–Trinajstić information content (AvgIpc) is 2.28. The number of carboxylic acid groups (broad SMARTS) is 1. The lowest BCUT2D eigenvalue weighted by Crippen LogP contribution is -2.29. The van der Waals surface area contributed by atoms with Gasteiger partial charge in [0, 0.05) is 13.6 Å². The molecular formula is C10H12ClNO5S. The van der Waals surface area contributed by atoms with Crippen LogP contribution in [0.5, 0.6) is 0 Å². The molecule has 0 spiro atoms. The van der Waals surface area contributed by atoms with Crippen molar-refractivity contribution < 1.29 is 23.4 Å². The first-order chi connectivity index (χ1) is 8.30. The first-order valence-electron chi connectivity index (χ1n) is 4.90. The van der Waals surface area contributed by atoms with Crippen LogP contribution in [0.15, 0.2) is 23.1 Å². The van der Waals surface area contributed by atoms with Gasteiger partial charge in [0.05, 0.1) is 22.1 Å². The molecule has 0 amide bonds. The second-order valence-corrected chi connectivity index (χ2v) is 5.95. The van der Waals surface area contributed by atoms with Gasteiger partial charge in [-0.25, -0.2) is 13.2 Å². The SMILES string of the molecule is CN(CCO)S(=O)(=O)c1ccc(C(=O)O)c(Cl)c1. The van der Waals surface area contributed by atoms with Crippen molar-refractivity contribution in [2.24, 2.45) is 0 Å². The summed E-state index contributed by atoms with van der Waals surface area (Å²) in [5.74, 6) is -1.23. The summed E-state index contributed by atoms with van der Waals surface area (Å²) in [6.45, 7) is -0.364. The van der Waals surface area contributed by atoms with E-state index in [-0.39, 0.29) is 28.6 Å². The number of halogens is 1. The zero-order valence-electron chi connectivity index (χ0n) is 9.50. The molecule has 6 nitrogen and oxygen atoms in total. The molecule has 0 unspecified atom stereocenters. The van der Waals surface area contributed by atoms with Gasteiger partial charge >= 0.3 is 5.97 Å². The van der Waals surface area contributed by atoms with Crippen molar-refractivity contribution in [2.45, 2.75) is 4.90 Å². The molecule has 0 atom stereocenters. The summed E-state index contributed by atoms with van der Waals surface area (Å²) >= 11 is 5.70. The summed E-state index contributed by atoms with van der Waals surface area (Å²) < 4.78 is 24.9. The molecule has 0 aliphatic heterocycles. The quantitative estimate of drug-likeness (QED) is 0.831. The minimum absolute atomic E-state index is 0.0549. The number of rotatable bonds is 5. The van der Waals surface area contributed by atoms with Crippen molar-refractivity contribution in [3.05, 3.63) is 28.8 Å². The number of sulfonamides is 1. The van der Waals surface area contributed by atoms with Gasteiger partial charge in [0.25, 0.3) is 0 Å². The molecule has 8 heteroatoms. The number of nitrogens with zero attached hydrogens (tertiary/aromatic N) is 1. The van der Waals surface area contributed by atoms with Gasteiger partial charge in [-0.05, 0) is 18.2 Å². The lowest BCUT2D eigenvalue weighted by Gasteiger charge is -2.16. The molecular weight excluding hydrogens is 282 g/mol. The standard InChI is InChI=1S/C10H12ClNO5S/c1-12(4-5-13)18(16,17)7-2-3-8(10(14)15)9(11)6-7/h2-3,6,13H,4-5H2,1H3,(H,14,15). The normalized spacial score (nSPS) is 11.8. The Morgan fingerprint density at radius 1 is 1.44 bits per heavy atom. The van der Waals surface area contributed by atoms with E-state index in [0.717, 1.165) is 16.4 Å². The fraction of sp³-hybridized carbons (Fsp3) is 0.300. The van der Waals surface area contributed by atoms with Crippen molar-refractivity contribution in [2.75, 3.05) is 20.2 Å². The monoisotopic (exact) mass is 293 g/mol. The second-order valence-electron chi connectivity index (χ2n) is 3.50. The van der Waals surface area contributed by atoms with Crippen LogP contribution in [0.4, 0.5) is 0 Å². The maximum absolute atomic E-state index is 12.0. The average molecular weight is 294 g/mol. The number of carboxylic acids is 1. The first kappa shape index (κ1) is 14.9. The lowest BCUT2D eigenvalue weighted by molar-refractivity contribution is 0.0697. The van der Waals surface area contributed by atoms with Crippen LogP contribution in [-0.4, -0.2) is 49.1 Å². The molecule has 1 aromatic rings. The molecule has 100 valence electrons. The summed E-state index contributed by atoms with van der Waals surface area (Å²) in [5.41, 5.74) is -0.166. The highest BCUT2D eigenvalue weighted by Crippen LogP contribution is 2.22. The van der Waals surface area contributed by atoms with Crippen molar-refractivity contribution in [1.82, 2.24) is 4.31 Å². The van der Waals surface area contributed by atoms with E-state index in [2.05, 4.69) is 0 Å². The maximum atomic E-state index is 12.0. The number of carbonyl (C=O) groups is 1. The predicted octanol–water partition coefficient (Wildman–Crippen LogP) is 0.651. The van der Waals surface area contributed by atoms with Crippen LogP contribution in [0.3, 0.4) is 0 Å². The fourth-order valence-electron chi connectivity index (χ4n) is 1.27. The Kier molecular flexibility index (Phi) is 4.69. The molecule has 0 radical (unpaired) electrons. The van der Waals surface area contributed by atoms with Crippen molar-refractivity contribution in [3.63, 3.8) is 0 Å². The minimum atomic E-state index is -3.77. The summed E-state index contributed by atoms with van der Waals surface area (Å²) in [5, 5.41) is 17.3. The predicted molar refractivity (Wildman–Crippen MR) is 65.3 cm³/mol. The van der Waals surface area contributed by atoms with E-state index in [1.807, 2.05) is 0 Å². The Balaban J connectivity index is 3.19. The minimum Gasteiger partial charge on any atom is -0.478 e. The maximum Gasteiger partial charge on any atom is 0.337 e. The summed E-state index contributed by atoms with van der Waals surface area (Å²) in [6.07, 6.45) is 0. The number of aromatic carboxylic acids is 1. The third kappa shape index (κ3) is 2.99. The van der Waals surface area contributed by atoms with E-state index in [1.165, 1.54) is 13.1 Å². The fourth-order valence-corrected chi connectivity index (χ4v) is 2.79. The molecule has 0 aromatic heterocycles. The van der Waals surface area contributed by atoms with E-state index in [1.54, 1.807) is 0 Å². The van der Waals surface area contributed by atoms with Crippen LogP contribution >= 0.6 is 11.6 Å². The molecule has 0 aliphatic rings. The van der Waals surface area contributed by atoms with Gasteiger partial charge in [-0.15, -0.1) is 0 Å². The van der Waals surface area contributed by atoms with Crippen LogP contribution in [0.1, 0.15) is 10.4 Å². The molecule has 0 aliphatic carbocycles. The highest BCUT2D eigenvalue weighted by molar-refractivity contribution is 7.89. The number of aliphatic hydroxyl groups is 1. The van der Waals surface area contributed by atoms with E-state index in [0.29, 0.717) is 0 Å². The van der Waals surface area contributed by atoms with E-state index in [9.17, 15) is 13.2 Å². The van der Waals surface area contributed by atoms with Gasteiger partial charge in [0.1, 0.15) is 0 Å². The third-order valence-corrected chi connectivity index (χ3v) is 4.46. The summed E-state index contributed by atoms with van der Waals surface area (Å²) in [7, 11) is -2.46. The van der Waals surface area contributed by atoms with Gasteiger partial charge < -0.3 is 10.2 Å². The molecule has 0 fully saturated rings. The van der Waals surface area contributed by atoms with Crippen molar-refractivity contribution >= 4 is 27.6 Å². The van der Waals surface area contributed by atoms with Gasteiger partial charge in [-0.1, -0.05) is 11.6 Å². The van der Waals surface area contributed by atoms with Gasteiger partial charge in [-0.3, -0.25) is 0 Å².